The quantitative estimate of drug-likeness (QED) is 0.579. The number of carbonyl (C=O) groups is 1. The van der Waals surface area contributed by atoms with E-state index < -0.39 is 15.9 Å². The van der Waals surface area contributed by atoms with Gasteiger partial charge in [-0.15, -0.1) is 0 Å². The van der Waals surface area contributed by atoms with Crippen molar-refractivity contribution in [1.82, 2.24) is 5.32 Å². The molecule has 1 amide bonds. The van der Waals surface area contributed by atoms with E-state index in [4.69, 9.17) is 14.2 Å². The molecule has 0 atom stereocenters. The Kier molecular flexibility index (Phi) is 7.42. The summed E-state index contributed by atoms with van der Waals surface area (Å²) in [7, 11) is -1.05. The van der Waals surface area contributed by atoms with Crippen LogP contribution < -0.4 is 19.1 Å². The van der Waals surface area contributed by atoms with Gasteiger partial charge in [0.05, 0.1) is 33.1 Å². The van der Waals surface area contributed by atoms with Crippen molar-refractivity contribution in [3.05, 3.63) is 58.5 Å². The molecule has 0 unspecified atom stereocenters. The first-order valence-electron chi connectivity index (χ1n) is 10.2. The predicted octanol–water partition coefficient (Wildman–Crippen LogP) is 2.94. The Bertz CT molecular complexity index is 1110. The zero-order valence-electron chi connectivity index (χ0n) is 18.7. The minimum Gasteiger partial charge on any atom is -0.493 e. The van der Waals surface area contributed by atoms with Crippen molar-refractivity contribution in [3.63, 3.8) is 0 Å². The minimum absolute atomic E-state index is 0.162. The second-order valence-electron chi connectivity index (χ2n) is 7.14. The fourth-order valence-corrected chi connectivity index (χ4v) is 5.41. The lowest BCUT2D eigenvalue weighted by atomic mass is 10.0. The Morgan fingerprint density at radius 3 is 2.34 bits per heavy atom. The Labute approximate surface area is 188 Å². The van der Waals surface area contributed by atoms with Crippen LogP contribution in [0.4, 0.5) is 5.69 Å². The molecule has 32 heavy (non-hydrogen) atoms. The fourth-order valence-electron chi connectivity index (χ4n) is 3.64. The smallest absolute Gasteiger partial charge is 0.270 e. The van der Waals surface area contributed by atoms with E-state index in [1.165, 1.54) is 18.5 Å². The summed E-state index contributed by atoms with van der Waals surface area (Å²) >= 11 is 0. The van der Waals surface area contributed by atoms with E-state index >= 15 is 0 Å². The third-order valence-corrected chi connectivity index (χ3v) is 7.24. The molecule has 0 saturated heterocycles. The van der Waals surface area contributed by atoms with Gasteiger partial charge in [0, 0.05) is 24.7 Å². The highest BCUT2D eigenvalue weighted by atomic mass is 32.2. The molecule has 8 nitrogen and oxygen atoms in total. The number of hydrogen-bond donors (Lipinski definition) is 1. The highest BCUT2D eigenvalue weighted by Gasteiger charge is 2.39. The monoisotopic (exact) mass is 460 g/mol. The van der Waals surface area contributed by atoms with Crippen LogP contribution in [0.2, 0.25) is 0 Å². The molecule has 0 bridgehead atoms. The number of allylic oxidation sites excluding steroid dienone is 1. The summed E-state index contributed by atoms with van der Waals surface area (Å²) in [6.45, 7) is 4.35. The van der Waals surface area contributed by atoms with Gasteiger partial charge in [-0.2, -0.15) is 0 Å². The molecule has 0 aliphatic carbocycles. The third-order valence-electron chi connectivity index (χ3n) is 5.20. The zero-order valence-corrected chi connectivity index (χ0v) is 19.5. The number of carbonyl (C=O) groups excluding carboxylic acids is 1. The van der Waals surface area contributed by atoms with Crippen LogP contribution in [-0.2, 0) is 26.2 Å². The van der Waals surface area contributed by atoms with Crippen molar-refractivity contribution in [2.75, 3.05) is 38.2 Å². The van der Waals surface area contributed by atoms with E-state index in [1.807, 2.05) is 30.3 Å². The van der Waals surface area contributed by atoms with Gasteiger partial charge in [0.25, 0.3) is 15.9 Å². The van der Waals surface area contributed by atoms with Gasteiger partial charge in [-0.3, -0.25) is 9.10 Å². The first-order valence-corrected chi connectivity index (χ1v) is 11.7. The molecule has 3 rings (SSSR count). The first kappa shape index (κ1) is 23.6. The highest BCUT2D eigenvalue weighted by molar-refractivity contribution is 7.97. The lowest BCUT2D eigenvalue weighted by molar-refractivity contribution is -0.117. The maximum atomic E-state index is 13.3. The van der Waals surface area contributed by atoms with Crippen LogP contribution in [0.25, 0.3) is 5.57 Å². The van der Waals surface area contributed by atoms with E-state index in [0.717, 1.165) is 5.56 Å². The third kappa shape index (κ3) is 4.58. The molecule has 1 heterocycles. The van der Waals surface area contributed by atoms with Crippen LogP contribution in [0.3, 0.4) is 0 Å². The standard InChI is InChI=1S/C23H28N2O6S/c1-5-25-19-14-21(30-4)20(29-3)13-18(19)16(2)22(32(25,27)28)23(26)24-11-12-31-15-17-9-7-6-8-10-17/h6-10,13-14H,5,11-12,15H2,1-4H3,(H,24,26). The zero-order chi connectivity index (χ0) is 23.3. The summed E-state index contributed by atoms with van der Waals surface area (Å²) in [4.78, 5) is 12.6. The molecule has 2 aromatic rings. The number of nitrogens with zero attached hydrogens (tertiary/aromatic N) is 1. The molecule has 0 spiro atoms. The van der Waals surface area contributed by atoms with E-state index in [0.29, 0.717) is 34.9 Å². The number of fused-ring (bicyclic) bond motifs is 1. The maximum Gasteiger partial charge on any atom is 0.270 e. The molecule has 0 fully saturated rings. The molecule has 1 N–H and O–H groups in total. The normalized spacial score (nSPS) is 14.7. The molecule has 2 aromatic carbocycles. The summed E-state index contributed by atoms with van der Waals surface area (Å²) in [6, 6.07) is 13.0. The first-order chi connectivity index (χ1) is 15.3. The van der Waals surface area contributed by atoms with Gasteiger partial charge in [0.2, 0.25) is 0 Å². The van der Waals surface area contributed by atoms with Gasteiger partial charge in [0.1, 0.15) is 0 Å². The van der Waals surface area contributed by atoms with Gasteiger partial charge in [-0.1, -0.05) is 30.3 Å². The number of anilines is 1. The summed E-state index contributed by atoms with van der Waals surface area (Å²) in [6.07, 6.45) is 0. The molecule has 9 heteroatoms. The second-order valence-corrected chi connectivity index (χ2v) is 8.94. The van der Waals surface area contributed by atoms with Crippen molar-refractivity contribution >= 4 is 27.2 Å². The van der Waals surface area contributed by atoms with Crippen molar-refractivity contribution in [2.24, 2.45) is 0 Å². The molecular weight excluding hydrogens is 432 g/mol. The van der Waals surface area contributed by atoms with Crippen LogP contribution in [0.15, 0.2) is 47.4 Å². The average Bonchev–Trinajstić information content (AvgIpc) is 2.78. The van der Waals surface area contributed by atoms with Crippen molar-refractivity contribution < 1.29 is 27.4 Å². The summed E-state index contributed by atoms with van der Waals surface area (Å²) in [5.41, 5.74) is 2.43. The van der Waals surface area contributed by atoms with Gasteiger partial charge in [-0.25, -0.2) is 8.42 Å². The Hall–Kier alpha value is -3.04. The van der Waals surface area contributed by atoms with Crippen LogP contribution in [0, 0.1) is 0 Å². The average molecular weight is 461 g/mol. The van der Waals surface area contributed by atoms with Crippen molar-refractivity contribution in [1.29, 1.82) is 0 Å². The highest BCUT2D eigenvalue weighted by Crippen LogP contribution is 2.44. The van der Waals surface area contributed by atoms with E-state index in [1.54, 1.807) is 26.0 Å². The number of ether oxygens (including phenoxy) is 3. The summed E-state index contributed by atoms with van der Waals surface area (Å²) in [5.74, 6) is 0.205. The molecule has 1 aliphatic heterocycles. The number of nitrogens with one attached hydrogen (secondary N) is 1. The Morgan fingerprint density at radius 1 is 1.06 bits per heavy atom. The van der Waals surface area contributed by atoms with E-state index in [-0.39, 0.29) is 24.6 Å². The Morgan fingerprint density at radius 2 is 1.72 bits per heavy atom. The number of rotatable bonds is 9. The van der Waals surface area contributed by atoms with Gasteiger partial charge in [0.15, 0.2) is 16.4 Å². The molecule has 172 valence electrons. The topological polar surface area (TPSA) is 94.2 Å². The maximum absolute atomic E-state index is 13.3. The van der Waals surface area contributed by atoms with Gasteiger partial charge in [-0.05, 0) is 31.1 Å². The number of amides is 1. The molecular formula is C23H28N2O6S. The van der Waals surface area contributed by atoms with Crippen LogP contribution in [0.1, 0.15) is 25.0 Å². The van der Waals surface area contributed by atoms with E-state index in [9.17, 15) is 13.2 Å². The van der Waals surface area contributed by atoms with E-state index in [2.05, 4.69) is 5.32 Å². The van der Waals surface area contributed by atoms with Crippen molar-refractivity contribution in [3.8, 4) is 11.5 Å². The molecule has 0 aromatic heterocycles. The van der Waals surface area contributed by atoms with Gasteiger partial charge < -0.3 is 19.5 Å². The summed E-state index contributed by atoms with van der Waals surface area (Å²) in [5, 5.41) is 2.67. The number of sulfonamides is 1. The lowest BCUT2D eigenvalue weighted by Gasteiger charge is -2.32. The minimum atomic E-state index is -4.04. The molecule has 0 saturated carbocycles. The predicted molar refractivity (Wildman–Crippen MR) is 123 cm³/mol. The summed E-state index contributed by atoms with van der Waals surface area (Å²) < 4.78 is 44.0. The van der Waals surface area contributed by atoms with Crippen molar-refractivity contribution in [2.45, 2.75) is 20.5 Å². The number of methoxy groups -OCH3 is 2. The number of benzene rings is 2. The fraction of sp³-hybridized carbons (Fsp3) is 0.348. The Balaban J connectivity index is 1.82. The molecule has 0 radical (unpaired) electrons. The lowest BCUT2D eigenvalue weighted by Crippen LogP contribution is -2.41. The number of hydrogen-bond acceptors (Lipinski definition) is 6. The van der Waals surface area contributed by atoms with Gasteiger partial charge >= 0.3 is 0 Å². The second kappa shape index (κ2) is 10.1. The molecule has 1 aliphatic rings. The van der Waals surface area contributed by atoms with Crippen LogP contribution in [-0.4, -0.2) is 48.2 Å². The SMILES string of the molecule is CCN1c2cc(OC)c(OC)cc2C(C)=C(C(=O)NCCOCc2ccccc2)S1(=O)=O. The largest absolute Gasteiger partial charge is 0.493 e. The van der Waals surface area contributed by atoms with Crippen LogP contribution in [0.5, 0.6) is 11.5 Å². The van der Waals surface area contributed by atoms with Crippen LogP contribution >= 0.6 is 0 Å².